The Morgan fingerprint density at radius 1 is 1.14 bits per heavy atom. The number of nitrogens with one attached hydrogen (secondary N) is 1. The van der Waals surface area contributed by atoms with Gasteiger partial charge in [0, 0.05) is 33.4 Å². The third-order valence-electron chi connectivity index (χ3n) is 3.09. The zero-order chi connectivity index (χ0) is 15.4. The lowest BCUT2D eigenvalue weighted by molar-refractivity contribution is -0.116. The SMILES string of the molecule is O=C(Cn1nccc1-c1ccncc1)Nc1cccc(I)c1. The van der Waals surface area contributed by atoms with Crippen molar-refractivity contribution in [3.63, 3.8) is 0 Å². The Labute approximate surface area is 141 Å². The van der Waals surface area contributed by atoms with Gasteiger partial charge in [0.15, 0.2) is 0 Å². The van der Waals surface area contributed by atoms with Crippen molar-refractivity contribution in [3.05, 3.63) is 64.6 Å². The molecule has 0 saturated heterocycles. The van der Waals surface area contributed by atoms with Crippen LogP contribution in [0.1, 0.15) is 0 Å². The van der Waals surface area contributed by atoms with E-state index < -0.39 is 0 Å². The summed E-state index contributed by atoms with van der Waals surface area (Å²) in [4.78, 5) is 16.2. The van der Waals surface area contributed by atoms with Crippen LogP contribution in [0.15, 0.2) is 61.1 Å². The number of anilines is 1. The molecule has 2 aromatic heterocycles. The van der Waals surface area contributed by atoms with Gasteiger partial charge in [-0.2, -0.15) is 5.10 Å². The van der Waals surface area contributed by atoms with E-state index in [2.05, 4.69) is 38.0 Å². The summed E-state index contributed by atoms with van der Waals surface area (Å²) >= 11 is 2.21. The maximum absolute atomic E-state index is 12.2. The highest BCUT2D eigenvalue weighted by Crippen LogP contribution is 2.18. The third-order valence-corrected chi connectivity index (χ3v) is 3.77. The fourth-order valence-electron chi connectivity index (χ4n) is 2.13. The Kier molecular flexibility index (Phi) is 4.47. The van der Waals surface area contributed by atoms with Crippen LogP contribution >= 0.6 is 22.6 Å². The molecule has 0 saturated carbocycles. The van der Waals surface area contributed by atoms with Gasteiger partial charge in [-0.25, -0.2) is 0 Å². The largest absolute Gasteiger partial charge is 0.324 e. The van der Waals surface area contributed by atoms with E-state index in [1.165, 1.54) is 0 Å². The Balaban J connectivity index is 1.74. The number of hydrogen-bond acceptors (Lipinski definition) is 3. The molecule has 5 nitrogen and oxygen atoms in total. The molecule has 6 heteroatoms. The van der Waals surface area contributed by atoms with Crippen LogP contribution in [0.3, 0.4) is 0 Å². The number of amides is 1. The second-order valence-electron chi connectivity index (χ2n) is 4.67. The molecule has 0 aliphatic heterocycles. The second-order valence-corrected chi connectivity index (χ2v) is 5.91. The Hall–Kier alpha value is -2.22. The summed E-state index contributed by atoms with van der Waals surface area (Å²) in [5, 5.41) is 7.11. The lowest BCUT2D eigenvalue weighted by Crippen LogP contribution is -2.20. The van der Waals surface area contributed by atoms with E-state index in [9.17, 15) is 4.79 Å². The normalized spacial score (nSPS) is 10.4. The number of carbonyl (C=O) groups is 1. The number of benzene rings is 1. The first-order valence-corrected chi connectivity index (χ1v) is 7.78. The van der Waals surface area contributed by atoms with Gasteiger partial charge in [0.05, 0.1) is 5.69 Å². The number of carbonyl (C=O) groups excluding carboxylic acids is 1. The summed E-state index contributed by atoms with van der Waals surface area (Å²) < 4.78 is 2.76. The van der Waals surface area contributed by atoms with Crippen LogP contribution in [0.4, 0.5) is 5.69 Å². The molecule has 0 atom stereocenters. The summed E-state index contributed by atoms with van der Waals surface area (Å²) in [7, 11) is 0. The average Bonchev–Trinajstić information content (AvgIpc) is 2.96. The van der Waals surface area contributed by atoms with Crippen LogP contribution in [0.5, 0.6) is 0 Å². The highest BCUT2D eigenvalue weighted by Gasteiger charge is 2.09. The number of nitrogens with zero attached hydrogens (tertiary/aromatic N) is 3. The van der Waals surface area contributed by atoms with Crippen molar-refractivity contribution in [2.24, 2.45) is 0 Å². The first kappa shape index (κ1) is 14.7. The van der Waals surface area contributed by atoms with Gasteiger partial charge < -0.3 is 5.32 Å². The first-order valence-electron chi connectivity index (χ1n) is 6.70. The third kappa shape index (κ3) is 3.51. The van der Waals surface area contributed by atoms with Crippen LogP contribution in [0, 0.1) is 3.57 Å². The van der Waals surface area contributed by atoms with Crippen molar-refractivity contribution in [2.45, 2.75) is 6.54 Å². The molecule has 0 spiro atoms. The Morgan fingerprint density at radius 3 is 2.73 bits per heavy atom. The molecule has 1 aromatic carbocycles. The molecule has 1 N–H and O–H groups in total. The number of aromatic nitrogens is 3. The van der Waals surface area contributed by atoms with E-state index in [1.807, 2.05) is 42.5 Å². The van der Waals surface area contributed by atoms with E-state index in [4.69, 9.17) is 0 Å². The van der Waals surface area contributed by atoms with Crippen molar-refractivity contribution in [1.82, 2.24) is 14.8 Å². The van der Waals surface area contributed by atoms with E-state index in [-0.39, 0.29) is 12.5 Å². The predicted molar refractivity (Wildman–Crippen MR) is 93.2 cm³/mol. The van der Waals surface area contributed by atoms with Crippen molar-refractivity contribution < 1.29 is 4.79 Å². The quantitative estimate of drug-likeness (QED) is 0.680. The van der Waals surface area contributed by atoms with Gasteiger partial charge in [-0.15, -0.1) is 0 Å². The molecule has 0 aliphatic rings. The molecular formula is C16H13IN4O. The highest BCUT2D eigenvalue weighted by atomic mass is 127. The van der Waals surface area contributed by atoms with Crippen LogP contribution < -0.4 is 5.32 Å². The van der Waals surface area contributed by atoms with Crippen LogP contribution in [0.25, 0.3) is 11.3 Å². The summed E-state index contributed by atoms with van der Waals surface area (Å²) in [6.07, 6.45) is 5.13. The summed E-state index contributed by atoms with van der Waals surface area (Å²) in [6.45, 7) is 0.163. The molecule has 0 radical (unpaired) electrons. The van der Waals surface area contributed by atoms with Gasteiger partial charge in [0.25, 0.3) is 0 Å². The second kappa shape index (κ2) is 6.69. The number of hydrogen-bond donors (Lipinski definition) is 1. The minimum atomic E-state index is -0.110. The molecule has 0 unspecified atom stereocenters. The number of rotatable bonds is 4. The molecule has 1 amide bonds. The summed E-state index contributed by atoms with van der Waals surface area (Å²) in [5.41, 5.74) is 2.66. The van der Waals surface area contributed by atoms with Gasteiger partial charge in [-0.1, -0.05) is 6.07 Å². The van der Waals surface area contributed by atoms with Gasteiger partial charge in [0.1, 0.15) is 6.54 Å². The molecular weight excluding hydrogens is 391 g/mol. The van der Waals surface area contributed by atoms with Gasteiger partial charge in [0.2, 0.25) is 5.91 Å². The zero-order valence-electron chi connectivity index (χ0n) is 11.6. The molecule has 3 aromatic rings. The summed E-state index contributed by atoms with van der Waals surface area (Å²) in [5.74, 6) is -0.110. The van der Waals surface area contributed by atoms with Gasteiger partial charge in [-0.05, 0) is 59.0 Å². The van der Waals surface area contributed by atoms with Crippen LogP contribution in [-0.2, 0) is 11.3 Å². The minimum absolute atomic E-state index is 0.110. The monoisotopic (exact) mass is 404 g/mol. The Bertz CT molecular complexity index is 786. The number of pyridine rings is 1. The lowest BCUT2D eigenvalue weighted by atomic mass is 10.2. The minimum Gasteiger partial charge on any atom is -0.324 e. The fourth-order valence-corrected chi connectivity index (χ4v) is 2.67. The topological polar surface area (TPSA) is 59.8 Å². The highest BCUT2D eigenvalue weighted by molar-refractivity contribution is 14.1. The van der Waals surface area contributed by atoms with Gasteiger partial charge >= 0.3 is 0 Å². The Morgan fingerprint density at radius 2 is 1.95 bits per heavy atom. The maximum atomic E-state index is 12.2. The molecule has 22 heavy (non-hydrogen) atoms. The van der Waals surface area contributed by atoms with Crippen LogP contribution in [-0.4, -0.2) is 20.7 Å². The smallest absolute Gasteiger partial charge is 0.246 e. The maximum Gasteiger partial charge on any atom is 0.246 e. The van der Waals surface area contributed by atoms with Crippen molar-refractivity contribution >= 4 is 34.2 Å². The van der Waals surface area contributed by atoms with E-state index in [0.717, 1.165) is 20.5 Å². The van der Waals surface area contributed by atoms with Gasteiger partial charge in [-0.3, -0.25) is 14.5 Å². The van der Waals surface area contributed by atoms with Crippen LogP contribution in [0.2, 0.25) is 0 Å². The number of halogens is 1. The van der Waals surface area contributed by atoms with Crippen molar-refractivity contribution in [3.8, 4) is 11.3 Å². The van der Waals surface area contributed by atoms with Crippen molar-refractivity contribution in [2.75, 3.05) is 5.32 Å². The molecule has 3 rings (SSSR count). The molecule has 110 valence electrons. The molecule has 2 heterocycles. The molecule has 0 aliphatic carbocycles. The first-order chi connectivity index (χ1) is 10.7. The van der Waals surface area contributed by atoms with E-state index in [0.29, 0.717) is 0 Å². The van der Waals surface area contributed by atoms with Crippen molar-refractivity contribution in [1.29, 1.82) is 0 Å². The lowest BCUT2D eigenvalue weighted by Gasteiger charge is -2.09. The fraction of sp³-hybridized carbons (Fsp3) is 0.0625. The molecule has 0 fully saturated rings. The molecule has 0 bridgehead atoms. The van der Waals surface area contributed by atoms with E-state index >= 15 is 0 Å². The van der Waals surface area contributed by atoms with E-state index in [1.54, 1.807) is 23.3 Å². The summed E-state index contributed by atoms with van der Waals surface area (Å²) in [6, 6.07) is 13.3. The predicted octanol–water partition coefficient (Wildman–Crippen LogP) is 3.19. The zero-order valence-corrected chi connectivity index (χ0v) is 13.8. The average molecular weight is 404 g/mol. The standard InChI is InChI=1S/C16H13IN4O/c17-13-2-1-3-14(10-13)20-16(22)11-21-15(6-9-19-21)12-4-7-18-8-5-12/h1-10H,11H2,(H,20,22).